The zero-order chi connectivity index (χ0) is 11.0. The van der Waals surface area contributed by atoms with Crippen LogP contribution in [0.1, 0.15) is 56.2 Å². The van der Waals surface area contributed by atoms with Crippen molar-refractivity contribution in [2.75, 3.05) is 0 Å². The van der Waals surface area contributed by atoms with Crippen LogP contribution >= 0.6 is 12.4 Å². The Morgan fingerprint density at radius 1 is 1.24 bits per heavy atom. The maximum absolute atomic E-state index is 5.97. The van der Waals surface area contributed by atoms with Crippen molar-refractivity contribution < 1.29 is 4.52 Å². The quantitative estimate of drug-likeness (QED) is 0.903. The number of hydrogen-bond donors (Lipinski definition) is 1. The van der Waals surface area contributed by atoms with E-state index in [0.29, 0.717) is 12.0 Å². The first kappa shape index (κ1) is 12.8. The van der Waals surface area contributed by atoms with Crippen molar-refractivity contribution in [3.8, 4) is 0 Å². The molecule has 2 aliphatic carbocycles. The molecule has 0 spiro atoms. The first-order valence-electron chi connectivity index (χ1n) is 6.39. The Morgan fingerprint density at radius 2 is 2.06 bits per heavy atom. The molecule has 1 aromatic rings. The van der Waals surface area contributed by atoms with Crippen molar-refractivity contribution in [2.45, 2.75) is 56.9 Å². The molecule has 5 heteroatoms. The first-order chi connectivity index (χ1) is 7.81. The van der Waals surface area contributed by atoms with E-state index >= 15 is 0 Å². The van der Waals surface area contributed by atoms with Gasteiger partial charge in [-0.1, -0.05) is 11.6 Å². The second kappa shape index (κ2) is 5.36. The molecule has 1 aromatic heterocycles. The van der Waals surface area contributed by atoms with E-state index in [9.17, 15) is 0 Å². The zero-order valence-electron chi connectivity index (χ0n) is 9.97. The van der Waals surface area contributed by atoms with Crippen LogP contribution < -0.4 is 5.73 Å². The summed E-state index contributed by atoms with van der Waals surface area (Å²) in [5.41, 5.74) is 5.97. The summed E-state index contributed by atoms with van der Waals surface area (Å²) in [5.74, 6) is 2.95. The van der Waals surface area contributed by atoms with E-state index < -0.39 is 0 Å². The zero-order valence-corrected chi connectivity index (χ0v) is 10.8. The molecule has 2 atom stereocenters. The molecule has 2 saturated carbocycles. The van der Waals surface area contributed by atoms with Crippen LogP contribution in [0.4, 0.5) is 0 Å². The van der Waals surface area contributed by atoms with Gasteiger partial charge in [-0.15, -0.1) is 12.4 Å². The van der Waals surface area contributed by atoms with Gasteiger partial charge in [0.15, 0.2) is 5.82 Å². The third-order valence-electron chi connectivity index (χ3n) is 3.72. The number of halogens is 1. The van der Waals surface area contributed by atoms with Crippen LogP contribution in [0.2, 0.25) is 0 Å². The monoisotopic (exact) mass is 257 g/mol. The number of nitrogens with two attached hydrogens (primary N) is 1. The third-order valence-corrected chi connectivity index (χ3v) is 3.72. The lowest BCUT2D eigenvalue weighted by Gasteiger charge is -2.23. The normalized spacial score (nSPS) is 28.8. The van der Waals surface area contributed by atoms with Gasteiger partial charge in [0.05, 0.1) is 0 Å². The molecule has 1 heterocycles. The van der Waals surface area contributed by atoms with Gasteiger partial charge < -0.3 is 10.3 Å². The lowest BCUT2D eigenvalue weighted by molar-refractivity contribution is 0.297. The largest absolute Gasteiger partial charge is 0.339 e. The summed E-state index contributed by atoms with van der Waals surface area (Å²) in [4.78, 5) is 4.52. The van der Waals surface area contributed by atoms with Crippen molar-refractivity contribution in [1.82, 2.24) is 10.1 Å². The maximum Gasteiger partial charge on any atom is 0.229 e. The molecule has 96 valence electrons. The molecule has 2 fully saturated rings. The van der Waals surface area contributed by atoms with E-state index in [4.69, 9.17) is 10.3 Å². The maximum atomic E-state index is 5.97. The molecule has 2 aliphatic rings. The molecule has 4 nitrogen and oxygen atoms in total. The van der Waals surface area contributed by atoms with Gasteiger partial charge in [-0.2, -0.15) is 4.98 Å². The molecule has 0 radical (unpaired) electrons. The van der Waals surface area contributed by atoms with E-state index in [1.54, 1.807) is 0 Å². The number of aromatic nitrogens is 2. The Hall–Kier alpha value is -0.610. The summed E-state index contributed by atoms with van der Waals surface area (Å²) < 4.78 is 5.36. The standard InChI is InChI=1S/C12H19N3O.ClH/c13-10-3-1-2-9(7-10)12-14-11(15-16-12)6-8-4-5-8;/h8-10H,1-7,13H2;1H. The van der Waals surface area contributed by atoms with E-state index in [1.165, 1.54) is 19.3 Å². The summed E-state index contributed by atoms with van der Waals surface area (Å²) in [5, 5.41) is 4.07. The summed E-state index contributed by atoms with van der Waals surface area (Å²) >= 11 is 0. The van der Waals surface area contributed by atoms with Crippen LogP contribution in [0.3, 0.4) is 0 Å². The molecule has 0 amide bonds. The van der Waals surface area contributed by atoms with Crippen LogP contribution in [-0.4, -0.2) is 16.2 Å². The van der Waals surface area contributed by atoms with Crippen LogP contribution in [0.15, 0.2) is 4.52 Å². The molecular formula is C12H20ClN3O. The van der Waals surface area contributed by atoms with Crippen LogP contribution in [0, 0.1) is 5.92 Å². The van der Waals surface area contributed by atoms with Crippen molar-refractivity contribution in [3.63, 3.8) is 0 Å². The van der Waals surface area contributed by atoms with Gasteiger partial charge in [0.25, 0.3) is 0 Å². The molecule has 0 saturated heterocycles. The SMILES string of the molecule is Cl.NC1CCCC(c2nc(CC3CC3)no2)C1. The predicted molar refractivity (Wildman–Crippen MR) is 67.2 cm³/mol. The Morgan fingerprint density at radius 3 is 2.76 bits per heavy atom. The summed E-state index contributed by atoms with van der Waals surface area (Å²) in [6, 6.07) is 0.317. The second-order valence-corrected chi connectivity index (χ2v) is 5.32. The van der Waals surface area contributed by atoms with Crippen molar-refractivity contribution in [3.05, 3.63) is 11.7 Å². The fraction of sp³-hybridized carbons (Fsp3) is 0.833. The van der Waals surface area contributed by atoms with Gasteiger partial charge in [0, 0.05) is 18.4 Å². The van der Waals surface area contributed by atoms with Crippen molar-refractivity contribution in [1.29, 1.82) is 0 Å². The molecule has 2 unspecified atom stereocenters. The highest BCUT2D eigenvalue weighted by Gasteiger charge is 2.27. The smallest absolute Gasteiger partial charge is 0.229 e. The Balaban J connectivity index is 0.00000108. The highest BCUT2D eigenvalue weighted by atomic mass is 35.5. The minimum Gasteiger partial charge on any atom is -0.339 e. The fourth-order valence-corrected chi connectivity index (χ4v) is 2.55. The second-order valence-electron chi connectivity index (χ2n) is 5.32. The lowest BCUT2D eigenvalue weighted by Crippen LogP contribution is -2.26. The van der Waals surface area contributed by atoms with Crippen LogP contribution in [-0.2, 0) is 6.42 Å². The van der Waals surface area contributed by atoms with Crippen molar-refractivity contribution >= 4 is 12.4 Å². The Kier molecular flexibility index (Phi) is 4.05. The molecule has 0 aliphatic heterocycles. The van der Waals surface area contributed by atoms with E-state index in [2.05, 4.69) is 10.1 Å². The van der Waals surface area contributed by atoms with Gasteiger partial charge in [-0.25, -0.2) is 0 Å². The molecular weight excluding hydrogens is 238 g/mol. The minimum atomic E-state index is 0. The highest BCUT2D eigenvalue weighted by molar-refractivity contribution is 5.85. The van der Waals surface area contributed by atoms with Gasteiger partial charge >= 0.3 is 0 Å². The fourth-order valence-electron chi connectivity index (χ4n) is 2.55. The minimum absolute atomic E-state index is 0. The molecule has 2 N–H and O–H groups in total. The molecule has 3 rings (SSSR count). The average Bonchev–Trinajstić information content (AvgIpc) is 2.94. The average molecular weight is 258 g/mol. The van der Waals surface area contributed by atoms with Crippen LogP contribution in [0.25, 0.3) is 0 Å². The predicted octanol–water partition coefficient (Wildman–Crippen LogP) is 2.43. The van der Waals surface area contributed by atoms with Gasteiger partial charge in [-0.3, -0.25) is 0 Å². The van der Waals surface area contributed by atoms with Gasteiger partial charge in [-0.05, 0) is 38.0 Å². The molecule has 0 aromatic carbocycles. The van der Waals surface area contributed by atoms with Gasteiger partial charge in [0.2, 0.25) is 5.89 Å². The summed E-state index contributed by atoms with van der Waals surface area (Å²) in [7, 11) is 0. The summed E-state index contributed by atoms with van der Waals surface area (Å²) in [6.07, 6.45) is 8.15. The van der Waals surface area contributed by atoms with E-state index in [0.717, 1.165) is 43.3 Å². The number of nitrogens with zero attached hydrogens (tertiary/aromatic N) is 2. The third kappa shape index (κ3) is 3.19. The molecule has 17 heavy (non-hydrogen) atoms. The van der Waals surface area contributed by atoms with E-state index in [-0.39, 0.29) is 12.4 Å². The summed E-state index contributed by atoms with van der Waals surface area (Å²) in [6.45, 7) is 0. The topological polar surface area (TPSA) is 64.9 Å². The number of rotatable bonds is 3. The van der Waals surface area contributed by atoms with Gasteiger partial charge in [0.1, 0.15) is 0 Å². The highest BCUT2D eigenvalue weighted by Crippen LogP contribution is 2.34. The Bertz CT molecular complexity index is 364. The lowest BCUT2D eigenvalue weighted by atomic mass is 9.86. The van der Waals surface area contributed by atoms with Crippen LogP contribution in [0.5, 0.6) is 0 Å². The first-order valence-corrected chi connectivity index (χ1v) is 6.39. The number of hydrogen-bond acceptors (Lipinski definition) is 4. The van der Waals surface area contributed by atoms with E-state index in [1.807, 2.05) is 0 Å². The molecule has 0 bridgehead atoms. The Labute approximate surface area is 108 Å². The van der Waals surface area contributed by atoms with Crippen molar-refractivity contribution in [2.24, 2.45) is 11.7 Å².